The number of aliphatic imine (C=N–C) groups is 1. The fourth-order valence-corrected chi connectivity index (χ4v) is 2.55. The molecule has 0 radical (unpaired) electrons. The Balaban J connectivity index is 2.35. The molecule has 6 nitrogen and oxygen atoms in total. The van der Waals surface area contributed by atoms with Crippen LogP contribution in [0, 0.1) is 0 Å². The molecule has 3 rings (SSSR count). The summed E-state index contributed by atoms with van der Waals surface area (Å²) in [5.41, 5.74) is 7.65. The van der Waals surface area contributed by atoms with E-state index >= 15 is 0 Å². The molecule has 0 atom stereocenters. The van der Waals surface area contributed by atoms with Crippen LogP contribution in [-0.4, -0.2) is 23.7 Å². The predicted octanol–water partition coefficient (Wildman–Crippen LogP) is 2.71. The minimum absolute atomic E-state index is 0.377. The number of primary amides is 1. The maximum Gasteiger partial charge on any atom is 0.250 e. The first kappa shape index (κ1) is 14.6. The minimum Gasteiger partial charge on any atom is -0.497 e. The van der Waals surface area contributed by atoms with Crippen molar-refractivity contribution in [3.63, 3.8) is 0 Å². The number of benzene rings is 2. The third-order valence-electron chi connectivity index (χ3n) is 3.59. The van der Waals surface area contributed by atoms with Crippen molar-refractivity contribution in [2.24, 2.45) is 10.7 Å². The zero-order valence-corrected chi connectivity index (χ0v) is 12.3. The van der Waals surface area contributed by atoms with E-state index in [-0.39, 0.29) is 0 Å². The highest BCUT2D eigenvalue weighted by atomic mass is 16.5. The number of aromatic nitrogens is 1. The van der Waals surface area contributed by atoms with E-state index in [1.54, 1.807) is 60.4 Å². The van der Waals surface area contributed by atoms with E-state index in [0.717, 1.165) is 5.52 Å². The van der Waals surface area contributed by atoms with E-state index in [1.807, 2.05) is 6.07 Å². The molecular weight excluding hydrogens is 294 g/mol. The molecule has 23 heavy (non-hydrogen) atoms. The van der Waals surface area contributed by atoms with E-state index in [4.69, 9.17) is 10.5 Å². The van der Waals surface area contributed by atoms with Crippen LogP contribution >= 0.6 is 0 Å². The molecule has 0 aliphatic heterocycles. The van der Waals surface area contributed by atoms with Gasteiger partial charge in [-0.05, 0) is 30.3 Å². The van der Waals surface area contributed by atoms with Gasteiger partial charge in [0.2, 0.25) is 6.08 Å². The summed E-state index contributed by atoms with van der Waals surface area (Å²) in [6.07, 6.45) is 3.21. The van der Waals surface area contributed by atoms with Crippen LogP contribution in [-0.2, 0) is 4.79 Å². The average molecular weight is 307 g/mol. The van der Waals surface area contributed by atoms with Crippen LogP contribution < -0.4 is 10.5 Å². The SMILES string of the molecule is COc1ccc2c(c1)c(N=C=O)cn2-c1ccccc1C(N)=O. The fraction of sp³-hybridized carbons (Fsp3) is 0.0588. The van der Waals surface area contributed by atoms with E-state index in [9.17, 15) is 9.59 Å². The first-order valence-corrected chi connectivity index (χ1v) is 6.82. The number of fused-ring (bicyclic) bond motifs is 1. The number of carbonyl (C=O) groups excluding carboxylic acids is 2. The standard InChI is InChI=1S/C17H13N3O3/c1-23-11-6-7-16-13(8-11)14(19-10-21)9-20(16)15-5-3-2-4-12(15)17(18)22/h2-9H,1H3,(H2,18,22). The van der Waals surface area contributed by atoms with Crippen molar-refractivity contribution in [2.45, 2.75) is 0 Å². The normalized spacial score (nSPS) is 10.3. The van der Waals surface area contributed by atoms with Gasteiger partial charge in [0.25, 0.3) is 5.91 Å². The number of rotatable bonds is 4. The van der Waals surface area contributed by atoms with Crippen molar-refractivity contribution < 1.29 is 14.3 Å². The second-order valence-electron chi connectivity index (χ2n) is 4.85. The molecule has 1 aromatic heterocycles. The number of para-hydroxylation sites is 1. The molecule has 1 amide bonds. The Hall–Kier alpha value is -3.37. The molecule has 0 aliphatic carbocycles. The largest absolute Gasteiger partial charge is 0.497 e. The quantitative estimate of drug-likeness (QED) is 0.594. The van der Waals surface area contributed by atoms with Gasteiger partial charge in [-0.2, -0.15) is 4.99 Å². The number of hydrogen-bond acceptors (Lipinski definition) is 4. The van der Waals surface area contributed by atoms with Gasteiger partial charge in [0.1, 0.15) is 11.4 Å². The zero-order valence-electron chi connectivity index (χ0n) is 12.3. The second kappa shape index (κ2) is 5.79. The summed E-state index contributed by atoms with van der Waals surface area (Å²) in [6, 6.07) is 12.4. The van der Waals surface area contributed by atoms with E-state index < -0.39 is 5.91 Å². The zero-order chi connectivity index (χ0) is 16.4. The van der Waals surface area contributed by atoms with E-state index in [2.05, 4.69) is 4.99 Å². The van der Waals surface area contributed by atoms with Crippen LogP contribution in [0.5, 0.6) is 5.75 Å². The van der Waals surface area contributed by atoms with Crippen LogP contribution in [0.2, 0.25) is 0 Å². The minimum atomic E-state index is -0.531. The number of carbonyl (C=O) groups is 1. The molecule has 2 N–H and O–H groups in total. The lowest BCUT2D eigenvalue weighted by atomic mass is 10.1. The van der Waals surface area contributed by atoms with Crippen molar-refractivity contribution in [1.29, 1.82) is 0 Å². The Morgan fingerprint density at radius 1 is 1.26 bits per heavy atom. The number of methoxy groups -OCH3 is 1. The monoisotopic (exact) mass is 307 g/mol. The molecule has 0 unspecified atom stereocenters. The van der Waals surface area contributed by atoms with Crippen molar-refractivity contribution in [1.82, 2.24) is 4.57 Å². The maximum absolute atomic E-state index is 11.7. The van der Waals surface area contributed by atoms with Crippen LogP contribution in [0.3, 0.4) is 0 Å². The first-order valence-electron chi connectivity index (χ1n) is 6.82. The average Bonchev–Trinajstić information content (AvgIpc) is 2.93. The second-order valence-corrected chi connectivity index (χ2v) is 4.85. The Labute approximate surface area is 131 Å². The molecule has 0 bridgehead atoms. The molecule has 0 saturated heterocycles. The molecule has 114 valence electrons. The predicted molar refractivity (Wildman–Crippen MR) is 86.1 cm³/mol. The third kappa shape index (κ3) is 2.47. The highest BCUT2D eigenvalue weighted by molar-refractivity contribution is 5.99. The molecule has 0 fully saturated rings. The van der Waals surface area contributed by atoms with Gasteiger partial charge < -0.3 is 15.0 Å². The van der Waals surface area contributed by atoms with E-state index in [0.29, 0.717) is 28.1 Å². The Bertz CT molecular complexity index is 953. The molecule has 2 aromatic carbocycles. The fourth-order valence-electron chi connectivity index (χ4n) is 2.55. The number of nitrogens with two attached hydrogens (primary N) is 1. The molecule has 3 aromatic rings. The summed E-state index contributed by atoms with van der Waals surface area (Å²) < 4.78 is 6.98. The topological polar surface area (TPSA) is 86.7 Å². The highest BCUT2D eigenvalue weighted by Crippen LogP contribution is 2.34. The van der Waals surface area contributed by atoms with Gasteiger partial charge in [-0.1, -0.05) is 12.1 Å². The molecular formula is C17H13N3O3. The lowest BCUT2D eigenvalue weighted by Gasteiger charge is -2.09. The third-order valence-corrected chi connectivity index (χ3v) is 3.59. The molecule has 1 heterocycles. The van der Waals surface area contributed by atoms with E-state index in [1.165, 1.54) is 0 Å². The maximum atomic E-state index is 11.7. The Morgan fingerprint density at radius 2 is 2.04 bits per heavy atom. The lowest BCUT2D eigenvalue weighted by molar-refractivity contribution is 0.100. The van der Waals surface area contributed by atoms with Crippen molar-refractivity contribution in [3.05, 3.63) is 54.2 Å². The summed E-state index contributed by atoms with van der Waals surface area (Å²) in [5, 5.41) is 0.715. The van der Waals surface area contributed by atoms with Crippen LogP contribution in [0.4, 0.5) is 5.69 Å². The molecule has 0 spiro atoms. The van der Waals surface area contributed by atoms with Crippen LogP contribution in [0.25, 0.3) is 16.6 Å². The molecule has 0 aliphatic rings. The van der Waals surface area contributed by atoms with Gasteiger partial charge in [-0.15, -0.1) is 0 Å². The van der Waals surface area contributed by atoms with Crippen LogP contribution in [0.15, 0.2) is 53.7 Å². The van der Waals surface area contributed by atoms with Gasteiger partial charge in [0.15, 0.2) is 0 Å². The van der Waals surface area contributed by atoms with Gasteiger partial charge >= 0.3 is 0 Å². The van der Waals surface area contributed by atoms with Crippen molar-refractivity contribution >= 4 is 28.6 Å². The number of nitrogens with zero attached hydrogens (tertiary/aromatic N) is 2. The van der Waals surface area contributed by atoms with Crippen molar-refractivity contribution in [3.8, 4) is 11.4 Å². The van der Waals surface area contributed by atoms with Crippen molar-refractivity contribution in [2.75, 3.05) is 7.11 Å². The smallest absolute Gasteiger partial charge is 0.250 e. The van der Waals surface area contributed by atoms with Gasteiger partial charge in [0, 0.05) is 11.6 Å². The lowest BCUT2D eigenvalue weighted by Crippen LogP contribution is -2.14. The molecule has 6 heteroatoms. The summed E-state index contributed by atoms with van der Waals surface area (Å²) in [5.74, 6) is 0.109. The number of hydrogen-bond donors (Lipinski definition) is 1. The number of ether oxygens (including phenoxy) is 1. The van der Waals surface area contributed by atoms with Crippen LogP contribution in [0.1, 0.15) is 10.4 Å². The summed E-state index contributed by atoms with van der Waals surface area (Å²) in [6.45, 7) is 0. The summed E-state index contributed by atoms with van der Waals surface area (Å²) in [7, 11) is 1.56. The number of amides is 1. The van der Waals surface area contributed by atoms with Gasteiger partial charge in [-0.3, -0.25) is 4.79 Å². The highest BCUT2D eigenvalue weighted by Gasteiger charge is 2.15. The summed E-state index contributed by atoms with van der Waals surface area (Å²) >= 11 is 0. The first-order chi connectivity index (χ1) is 11.2. The number of isocyanates is 1. The Kier molecular flexibility index (Phi) is 3.66. The molecule has 0 saturated carbocycles. The van der Waals surface area contributed by atoms with Gasteiger partial charge in [0.05, 0.1) is 23.9 Å². The summed E-state index contributed by atoms with van der Waals surface area (Å²) in [4.78, 5) is 26.1. The van der Waals surface area contributed by atoms with Gasteiger partial charge in [-0.25, -0.2) is 4.79 Å². The Morgan fingerprint density at radius 3 is 2.74 bits per heavy atom.